The smallest absolute Gasteiger partial charge is 0.349 e. The zero-order chi connectivity index (χ0) is 13.5. The quantitative estimate of drug-likeness (QED) is 0.825. The first kappa shape index (κ1) is 11.5. The molecule has 1 aliphatic rings. The Balaban J connectivity index is 2.01. The van der Waals surface area contributed by atoms with Gasteiger partial charge in [-0.2, -0.15) is 5.26 Å². The molecule has 1 N–H and O–H groups in total. The molecule has 1 amide bonds. The van der Waals surface area contributed by atoms with E-state index in [1.807, 2.05) is 6.07 Å². The average Bonchev–Trinajstić information content (AvgIpc) is 3.18. The molecule has 0 radical (unpaired) electrons. The predicted octanol–water partition coefficient (Wildman–Crippen LogP) is 1.58. The normalized spacial score (nSPS) is 15.7. The van der Waals surface area contributed by atoms with Crippen LogP contribution < -0.4 is 10.9 Å². The van der Waals surface area contributed by atoms with Crippen molar-refractivity contribution in [3.05, 3.63) is 46.3 Å². The zero-order valence-electron chi connectivity index (χ0n) is 9.97. The first-order chi connectivity index (χ1) is 9.13. The van der Waals surface area contributed by atoms with Gasteiger partial charge in [0.25, 0.3) is 5.91 Å². The van der Waals surface area contributed by atoms with Crippen molar-refractivity contribution in [1.82, 2.24) is 5.32 Å². The minimum Gasteiger partial charge on any atom is -0.422 e. The minimum atomic E-state index is -0.796. The van der Waals surface area contributed by atoms with Crippen molar-refractivity contribution in [3.8, 4) is 6.07 Å². The highest BCUT2D eigenvalue weighted by molar-refractivity contribution is 5.97. The van der Waals surface area contributed by atoms with E-state index in [1.165, 1.54) is 6.07 Å². The van der Waals surface area contributed by atoms with Gasteiger partial charge in [-0.25, -0.2) is 4.79 Å². The second kappa shape index (κ2) is 3.95. The van der Waals surface area contributed by atoms with E-state index in [9.17, 15) is 9.59 Å². The van der Waals surface area contributed by atoms with Gasteiger partial charge < -0.3 is 9.73 Å². The van der Waals surface area contributed by atoms with E-state index in [0.29, 0.717) is 23.8 Å². The number of carbonyl (C=O) groups excluding carboxylic acids is 1. The van der Waals surface area contributed by atoms with Gasteiger partial charge in [-0.1, -0.05) is 18.2 Å². The third kappa shape index (κ3) is 1.97. The molecule has 0 unspecified atom stereocenters. The van der Waals surface area contributed by atoms with Crippen LogP contribution in [-0.2, 0) is 0 Å². The Bertz CT molecular complexity index is 766. The predicted molar refractivity (Wildman–Crippen MR) is 67.5 cm³/mol. The fraction of sp³-hybridized carbons (Fsp3) is 0.214. The maximum atomic E-state index is 12.0. The molecule has 19 heavy (non-hydrogen) atoms. The van der Waals surface area contributed by atoms with Gasteiger partial charge >= 0.3 is 5.63 Å². The lowest BCUT2D eigenvalue weighted by atomic mass is 10.1. The number of hydrogen-bond acceptors (Lipinski definition) is 4. The SMILES string of the molecule is N#CC1(NC(=O)c2cc3ccccc3oc2=O)CC1. The molecule has 1 aromatic heterocycles. The second-order valence-electron chi connectivity index (χ2n) is 4.63. The Kier molecular flexibility index (Phi) is 2.39. The summed E-state index contributed by atoms with van der Waals surface area (Å²) >= 11 is 0. The maximum absolute atomic E-state index is 12.0. The van der Waals surface area contributed by atoms with Crippen LogP contribution in [0.25, 0.3) is 11.0 Å². The molecule has 2 aromatic rings. The summed E-state index contributed by atoms with van der Waals surface area (Å²) in [6.45, 7) is 0. The molecular weight excluding hydrogens is 244 g/mol. The third-order valence-electron chi connectivity index (χ3n) is 3.20. The fourth-order valence-corrected chi connectivity index (χ4v) is 1.89. The molecule has 0 bridgehead atoms. The maximum Gasteiger partial charge on any atom is 0.349 e. The number of hydrogen-bond donors (Lipinski definition) is 1. The van der Waals surface area contributed by atoms with Crippen LogP contribution in [0.15, 0.2) is 39.5 Å². The number of amides is 1. The molecule has 94 valence electrons. The molecule has 5 heteroatoms. The third-order valence-corrected chi connectivity index (χ3v) is 3.20. The Morgan fingerprint density at radius 2 is 2.11 bits per heavy atom. The summed E-state index contributed by atoms with van der Waals surface area (Å²) in [6, 6.07) is 10.5. The van der Waals surface area contributed by atoms with E-state index >= 15 is 0 Å². The van der Waals surface area contributed by atoms with Crippen LogP contribution >= 0.6 is 0 Å². The first-order valence-corrected chi connectivity index (χ1v) is 5.90. The Morgan fingerprint density at radius 3 is 2.79 bits per heavy atom. The number of carbonyl (C=O) groups is 1. The highest BCUT2D eigenvalue weighted by Crippen LogP contribution is 2.34. The van der Waals surface area contributed by atoms with Crippen LogP contribution in [0.5, 0.6) is 0 Å². The Hall–Kier alpha value is -2.61. The van der Waals surface area contributed by atoms with Crippen LogP contribution in [0.3, 0.4) is 0 Å². The zero-order valence-corrected chi connectivity index (χ0v) is 9.97. The summed E-state index contributed by atoms with van der Waals surface area (Å²) in [6.07, 6.45) is 1.24. The lowest BCUT2D eigenvalue weighted by Gasteiger charge is -2.08. The van der Waals surface area contributed by atoms with Gasteiger partial charge in [0.15, 0.2) is 0 Å². The van der Waals surface area contributed by atoms with Crippen LogP contribution in [0.2, 0.25) is 0 Å². The highest BCUT2D eigenvalue weighted by atomic mass is 16.4. The number of nitrogens with one attached hydrogen (secondary N) is 1. The van der Waals surface area contributed by atoms with Gasteiger partial charge in [0.05, 0.1) is 6.07 Å². The summed E-state index contributed by atoms with van der Waals surface area (Å²) in [5.74, 6) is -0.557. The van der Waals surface area contributed by atoms with E-state index in [0.717, 1.165) is 0 Å². The van der Waals surface area contributed by atoms with Gasteiger partial charge in [0.1, 0.15) is 16.7 Å². The topological polar surface area (TPSA) is 83.1 Å². The first-order valence-electron chi connectivity index (χ1n) is 5.90. The number of benzene rings is 1. The van der Waals surface area contributed by atoms with Crippen LogP contribution in [-0.4, -0.2) is 11.4 Å². The molecule has 5 nitrogen and oxygen atoms in total. The van der Waals surface area contributed by atoms with Crippen molar-refractivity contribution in [2.24, 2.45) is 0 Å². The molecule has 1 aromatic carbocycles. The molecular formula is C14H10N2O3. The summed E-state index contributed by atoms with van der Waals surface area (Å²) in [4.78, 5) is 23.8. The van der Waals surface area contributed by atoms with Gasteiger partial charge in [-0.3, -0.25) is 4.79 Å². The second-order valence-corrected chi connectivity index (χ2v) is 4.63. The lowest BCUT2D eigenvalue weighted by Crippen LogP contribution is -2.37. The van der Waals surface area contributed by atoms with E-state index in [2.05, 4.69) is 5.32 Å². The van der Waals surface area contributed by atoms with E-state index < -0.39 is 17.1 Å². The number of fused-ring (bicyclic) bond motifs is 1. The molecule has 1 saturated carbocycles. The monoisotopic (exact) mass is 254 g/mol. The van der Waals surface area contributed by atoms with Crippen molar-refractivity contribution in [3.63, 3.8) is 0 Å². The number of nitrogens with zero attached hydrogens (tertiary/aromatic N) is 1. The van der Waals surface area contributed by atoms with Crippen molar-refractivity contribution >= 4 is 16.9 Å². The number of rotatable bonds is 2. The van der Waals surface area contributed by atoms with Crippen LogP contribution in [0.4, 0.5) is 0 Å². The van der Waals surface area contributed by atoms with Crippen molar-refractivity contribution < 1.29 is 9.21 Å². The largest absolute Gasteiger partial charge is 0.422 e. The standard InChI is InChI=1S/C14H10N2O3/c15-8-14(5-6-14)16-12(17)10-7-9-3-1-2-4-11(9)19-13(10)18/h1-4,7H,5-6H2,(H,16,17). The van der Waals surface area contributed by atoms with Crippen molar-refractivity contribution in [2.75, 3.05) is 0 Å². The van der Waals surface area contributed by atoms with E-state index in [4.69, 9.17) is 9.68 Å². The fourth-order valence-electron chi connectivity index (χ4n) is 1.89. The van der Waals surface area contributed by atoms with Crippen molar-refractivity contribution in [2.45, 2.75) is 18.4 Å². The molecule has 0 aliphatic heterocycles. The average molecular weight is 254 g/mol. The van der Waals surface area contributed by atoms with Gasteiger partial charge in [0, 0.05) is 5.39 Å². The summed E-state index contributed by atoms with van der Waals surface area (Å²) in [7, 11) is 0. The highest BCUT2D eigenvalue weighted by Gasteiger charge is 2.45. The molecule has 1 heterocycles. The van der Waals surface area contributed by atoms with Crippen LogP contribution in [0.1, 0.15) is 23.2 Å². The van der Waals surface area contributed by atoms with E-state index in [1.54, 1.807) is 24.3 Å². The van der Waals surface area contributed by atoms with Gasteiger partial charge in [0.2, 0.25) is 0 Å². The molecule has 0 atom stereocenters. The molecule has 1 aliphatic carbocycles. The Morgan fingerprint density at radius 1 is 1.37 bits per heavy atom. The van der Waals surface area contributed by atoms with Gasteiger partial charge in [-0.15, -0.1) is 0 Å². The molecule has 3 rings (SSSR count). The van der Waals surface area contributed by atoms with Crippen molar-refractivity contribution in [1.29, 1.82) is 5.26 Å². The number of nitriles is 1. The van der Waals surface area contributed by atoms with Gasteiger partial charge in [-0.05, 0) is 25.0 Å². The van der Waals surface area contributed by atoms with E-state index in [-0.39, 0.29) is 5.56 Å². The summed E-state index contributed by atoms with van der Waals surface area (Å²) in [5, 5.41) is 12.2. The van der Waals surface area contributed by atoms with Crippen LogP contribution in [0, 0.1) is 11.3 Å². The Labute approximate surface area is 108 Å². The number of para-hydroxylation sites is 1. The molecule has 0 saturated heterocycles. The molecule has 0 spiro atoms. The summed E-state index contributed by atoms with van der Waals surface area (Å²) in [5.41, 5.74) is -1.12. The minimum absolute atomic E-state index is 0.0692. The summed E-state index contributed by atoms with van der Waals surface area (Å²) < 4.78 is 5.08. The molecule has 1 fully saturated rings. The lowest BCUT2D eigenvalue weighted by molar-refractivity contribution is 0.0938.